The largest absolute Gasteiger partial charge is 0.446 e. The van der Waals surface area contributed by atoms with E-state index >= 15 is 0 Å². The monoisotopic (exact) mass is 380 g/mol. The van der Waals surface area contributed by atoms with Crippen LogP contribution in [0.3, 0.4) is 0 Å². The number of halogens is 5. The zero-order valence-corrected chi connectivity index (χ0v) is 13.9. The Bertz CT molecular complexity index is 723. The summed E-state index contributed by atoms with van der Waals surface area (Å²) in [4.78, 5) is 17.5. The molecule has 9 heteroatoms. The number of aromatic nitrogens is 1. The summed E-state index contributed by atoms with van der Waals surface area (Å²) >= 11 is 11.4. The molecule has 3 nitrogen and oxygen atoms in total. The van der Waals surface area contributed by atoms with Crippen molar-refractivity contribution in [2.24, 2.45) is 0 Å². The molecule has 0 N–H and O–H groups in total. The van der Waals surface area contributed by atoms with Crippen LogP contribution in [0.5, 0.6) is 0 Å². The van der Waals surface area contributed by atoms with Crippen molar-refractivity contribution in [3.8, 4) is 0 Å². The van der Waals surface area contributed by atoms with Crippen molar-refractivity contribution in [2.75, 3.05) is 11.9 Å². The van der Waals surface area contributed by atoms with Gasteiger partial charge in [0.25, 0.3) is 5.91 Å². The number of benzene rings is 1. The van der Waals surface area contributed by atoms with E-state index in [1.807, 2.05) is 0 Å². The average Bonchev–Trinajstić information content (AvgIpc) is 2.45. The first-order chi connectivity index (χ1) is 10.7. The van der Waals surface area contributed by atoms with E-state index in [4.69, 9.17) is 23.2 Å². The van der Waals surface area contributed by atoms with Gasteiger partial charge in [-0.05, 0) is 42.1 Å². The lowest BCUT2D eigenvalue weighted by molar-refractivity contribution is -0.0328. The molecule has 0 atom stereocenters. The maximum absolute atomic E-state index is 12.3. The number of hydrogen-bond donors (Lipinski definition) is 0. The van der Waals surface area contributed by atoms with Crippen molar-refractivity contribution < 1.29 is 18.0 Å². The predicted octanol–water partition coefficient (Wildman–Crippen LogP) is 5.28. The summed E-state index contributed by atoms with van der Waals surface area (Å²) in [6.45, 7) is 0. The van der Waals surface area contributed by atoms with E-state index in [0.717, 1.165) is 0 Å². The highest BCUT2D eigenvalue weighted by Gasteiger charge is 2.29. The van der Waals surface area contributed by atoms with Crippen molar-refractivity contribution in [3.05, 3.63) is 52.3 Å². The van der Waals surface area contributed by atoms with Crippen LogP contribution < -0.4 is 4.90 Å². The van der Waals surface area contributed by atoms with Crippen molar-refractivity contribution >= 4 is 46.6 Å². The lowest BCUT2D eigenvalue weighted by Crippen LogP contribution is -2.27. The number of hydrogen-bond acceptors (Lipinski definition) is 3. The third-order valence-corrected chi connectivity index (χ3v) is 4.01. The summed E-state index contributed by atoms with van der Waals surface area (Å²) < 4.78 is 36.9. The maximum atomic E-state index is 12.3. The topological polar surface area (TPSA) is 33.2 Å². The molecule has 1 heterocycles. The smallest absolute Gasteiger partial charge is 0.310 e. The average molecular weight is 381 g/mol. The minimum atomic E-state index is -4.36. The molecule has 1 aromatic heterocycles. The molecule has 2 rings (SSSR count). The van der Waals surface area contributed by atoms with Crippen LogP contribution in [0.15, 0.2) is 41.4 Å². The van der Waals surface area contributed by atoms with Gasteiger partial charge < -0.3 is 4.90 Å². The number of carbonyl (C=O) groups is 1. The minimum Gasteiger partial charge on any atom is -0.310 e. The van der Waals surface area contributed by atoms with E-state index in [1.165, 1.54) is 48.5 Å². The fourth-order valence-corrected chi connectivity index (χ4v) is 2.72. The Morgan fingerprint density at radius 2 is 1.83 bits per heavy atom. The number of alkyl halides is 3. The third-order valence-electron chi connectivity index (χ3n) is 2.77. The van der Waals surface area contributed by atoms with Gasteiger partial charge in [0.2, 0.25) is 0 Å². The Labute approximate surface area is 144 Å². The van der Waals surface area contributed by atoms with Gasteiger partial charge >= 0.3 is 5.51 Å². The summed E-state index contributed by atoms with van der Waals surface area (Å²) in [5.41, 5.74) is -3.94. The van der Waals surface area contributed by atoms with Gasteiger partial charge in [-0.25, -0.2) is 4.98 Å². The Hall–Kier alpha value is -1.44. The first-order valence-electron chi connectivity index (χ1n) is 6.12. The molecule has 122 valence electrons. The van der Waals surface area contributed by atoms with E-state index in [-0.39, 0.29) is 27.4 Å². The maximum Gasteiger partial charge on any atom is 0.446 e. The van der Waals surface area contributed by atoms with Gasteiger partial charge in [0.05, 0.1) is 10.0 Å². The van der Waals surface area contributed by atoms with Gasteiger partial charge in [-0.1, -0.05) is 23.2 Å². The van der Waals surface area contributed by atoms with Crippen LogP contribution in [0.4, 0.5) is 18.9 Å². The molecule has 0 unspecified atom stereocenters. The van der Waals surface area contributed by atoms with Crippen molar-refractivity contribution in [1.29, 1.82) is 0 Å². The SMILES string of the molecule is CN(C(=O)c1ncc(Cl)cc1Cl)c1ccc(SC(F)(F)F)cc1. The summed E-state index contributed by atoms with van der Waals surface area (Å²) in [6.07, 6.45) is 1.29. The second-order valence-corrected chi connectivity index (χ2v) is 6.37. The molecular weight excluding hydrogens is 372 g/mol. The molecule has 2 aromatic rings. The van der Waals surface area contributed by atoms with Crippen LogP contribution in [0.1, 0.15) is 10.5 Å². The first kappa shape index (κ1) is 17.9. The number of nitrogens with zero attached hydrogens (tertiary/aromatic N) is 2. The summed E-state index contributed by atoms with van der Waals surface area (Å²) in [5.74, 6) is -0.497. The lowest BCUT2D eigenvalue weighted by atomic mass is 10.2. The molecule has 0 saturated carbocycles. The summed E-state index contributed by atoms with van der Waals surface area (Å²) in [6, 6.07) is 6.79. The number of rotatable bonds is 3. The third kappa shape index (κ3) is 4.76. The van der Waals surface area contributed by atoms with Gasteiger partial charge in [0.15, 0.2) is 0 Å². The molecule has 0 aliphatic carbocycles. The minimum absolute atomic E-state index is 0.00677. The van der Waals surface area contributed by atoms with Crippen LogP contribution >= 0.6 is 35.0 Å². The number of thioether (sulfide) groups is 1. The zero-order chi connectivity index (χ0) is 17.2. The molecule has 0 aliphatic rings. The standard InChI is InChI=1S/C14H9Cl2F3N2OS/c1-21(13(22)12-11(16)6-8(15)7-20-12)9-2-4-10(5-3-9)23-14(17,18)19/h2-7H,1H3. The predicted molar refractivity (Wildman–Crippen MR) is 85.3 cm³/mol. The molecule has 1 amide bonds. The van der Waals surface area contributed by atoms with Crippen LogP contribution in [0.2, 0.25) is 10.0 Å². The highest BCUT2D eigenvalue weighted by molar-refractivity contribution is 8.00. The molecule has 0 bridgehead atoms. The number of amides is 1. The second-order valence-electron chi connectivity index (χ2n) is 4.39. The van der Waals surface area contributed by atoms with Gasteiger partial charge in [-0.3, -0.25) is 4.79 Å². The van der Waals surface area contributed by atoms with Crippen LogP contribution in [-0.2, 0) is 0 Å². The van der Waals surface area contributed by atoms with Crippen LogP contribution in [-0.4, -0.2) is 23.4 Å². The molecular formula is C14H9Cl2F3N2OS. The van der Waals surface area contributed by atoms with E-state index in [9.17, 15) is 18.0 Å². The second kappa shape index (κ2) is 6.98. The molecule has 23 heavy (non-hydrogen) atoms. The summed E-state index contributed by atoms with van der Waals surface area (Å²) in [7, 11) is 1.47. The van der Waals surface area contributed by atoms with Crippen molar-refractivity contribution in [2.45, 2.75) is 10.4 Å². The van der Waals surface area contributed by atoms with Crippen molar-refractivity contribution in [3.63, 3.8) is 0 Å². The molecule has 0 spiro atoms. The highest BCUT2D eigenvalue weighted by atomic mass is 35.5. The van der Waals surface area contributed by atoms with E-state index < -0.39 is 11.4 Å². The number of carbonyl (C=O) groups excluding carboxylic acids is 1. The molecule has 1 aromatic carbocycles. The lowest BCUT2D eigenvalue weighted by Gasteiger charge is -2.18. The Morgan fingerprint density at radius 3 is 2.35 bits per heavy atom. The molecule has 0 aliphatic heterocycles. The van der Waals surface area contributed by atoms with Gasteiger partial charge in [-0.15, -0.1) is 0 Å². The van der Waals surface area contributed by atoms with Gasteiger partial charge in [0.1, 0.15) is 5.69 Å². The van der Waals surface area contributed by atoms with E-state index in [1.54, 1.807) is 0 Å². The van der Waals surface area contributed by atoms with E-state index in [0.29, 0.717) is 10.7 Å². The highest BCUT2D eigenvalue weighted by Crippen LogP contribution is 2.37. The Kier molecular flexibility index (Phi) is 5.44. The van der Waals surface area contributed by atoms with Crippen LogP contribution in [0, 0.1) is 0 Å². The normalized spacial score (nSPS) is 11.4. The fraction of sp³-hybridized carbons (Fsp3) is 0.143. The first-order valence-corrected chi connectivity index (χ1v) is 7.69. The van der Waals surface area contributed by atoms with Crippen molar-refractivity contribution in [1.82, 2.24) is 4.98 Å². The van der Waals surface area contributed by atoms with Gasteiger partial charge in [0, 0.05) is 23.8 Å². The quantitative estimate of drug-likeness (QED) is 0.679. The zero-order valence-electron chi connectivity index (χ0n) is 11.6. The molecule has 0 radical (unpaired) electrons. The summed E-state index contributed by atoms with van der Waals surface area (Å²) in [5, 5.41) is 0.390. The van der Waals surface area contributed by atoms with E-state index in [2.05, 4.69) is 4.98 Å². The molecule has 0 fully saturated rings. The molecule has 0 saturated heterocycles. The van der Waals surface area contributed by atoms with Crippen LogP contribution in [0.25, 0.3) is 0 Å². The Balaban J connectivity index is 2.19. The number of anilines is 1. The number of pyridine rings is 1. The van der Waals surface area contributed by atoms with Gasteiger partial charge in [-0.2, -0.15) is 13.2 Å². The Morgan fingerprint density at radius 1 is 1.22 bits per heavy atom. The fourth-order valence-electron chi connectivity index (χ4n) is 1.72.